The standard InChI is InChI=1S/C21H21ClN6O/c1-14-19(15(2)28(26-14)18-6-4-3-5-7-18)11-24-21(29)23-10-17-13-27-12-16(22)8-9-20(27)25-17/h3-9,12-13H,10-11H2,1-2H3,(H2,23,24,29). The molecule has 0 aliphatic heterocycles. The molecule has 2 N–H and O–H groups in total. The molecule has 0 radical (unpaired) electrons. The van der Waals surface area contributed by atoms with Crippen molar-refractivity contribution >= 4 is 23.3 Å². The smallest absolute Gasteiger partial charge is 0.315 e. The van der Waals surface area contributed by atoms with Crippen molar-refractivity contribution in [2.24, 2.45) is 0 Å². The number of nitrogens with one attached hydrogen (secondary N) is 2. The molecule has 29 heavy (non-hydrogen) atoms. The summed E-state index contributed by atoms with van der Waals surface area (Å²) in [6, 6.07) is 13.3. The molecule has 7 nitrogen and oxygen atoms in total. The highest BCUT2D eigenvalue weighted by Gasteiger charge is 2.13. The number of aryl methyl sites for hydroxylation is 1. The lowest BCUT2D eigenvalue weighted by Crippen LogP contribution is -2.34. The van der Waals surface area contributed by atoms with Crippen LogP contribution >= 0.6 is 11.6 Å². The van der Waals surface area contributed by atoms with Gasteiger partial charge < -0.3 is 15.0 Å². The summed E-state index contributed by atoms with van der Waals surface area (Å²) in [6.45, 7) is 4.68. The average Bonchev–Trinajstić information content (AvgIpc) is 3.25. The lowest BCUT2D eigenvalue weighted by Gasteiger charge is -2.08. The number of hydrogen-bond acceptors (Lipinski definition) is 3. The first-order valence-electron chi connectivity index (χ1n) is 9.26. The number of carbonyl (C=O) groups is 1. The predicted molar refractivity (Wildman–Crippen MR) is 112 cm³/mol. The van der Waals surface area contributed by atoms with Crippen LogP contribution in [0.4, 0.5) is 4.79 Å². The highest BCUT2D eigenvalue weighted by atomic mass is 35.5. The molecule has 0 aliphatic carbocycles. The third-order valence-electron chi connectivity index (χ3n) is 4.76. The molecule has 0 saturated carbocycles. The van der Waals surface area contributed by atoms with Crippen LogP contribution in [-0.2, 0) is 13.1 Å². The zero-order valence-electron chi connectivity index (χ0n) is 16.2. The van der Waals surface area contributed by atoms with E-state index in [-0.39, 0.29) is 6.03 Å². The fourth-order valence-electron chi connectivity index (χ4n) is 3.26. The molecule has 4 aromatic rings. The SMILES string of the molecule is Cc1nn(-c2ccccc2)c(C)c1CNC(=O)NCc1cn2cc(Cl)ccc2n1. The highest BCUT2D eigenvalue weighted by molar-refractivity contribution is 6.30. The van der Waals surface area contributed by atoms with E-state index in [0.29, 0.717) is 18.1 Å². The van der Waals surface area contributed by atoms with Gasteiger partial charge in [-0.05, 0) is 38.1 Å². The summed E-state index contributed by atoms with van der Waals surface area (Å²) in [6.07, 6.45) is 3.63. The lowest BCUT2D eigenvalue weighted by atomic mass is 10.2. The van der Waals surface area contributed by atoms with Gasteiger partial charge in [0.1, 0.15) is 5.65 Å². The Kier molecular flexibility index (Phi) is 5.22. The number of carbonyl (C=O) groups excluding carboxylic acids is 1. The van der Waals surface area contributed by atoms with Crippen LogP contribution in [0.5, 0.6) is 0 Å². The maximum atomic E-state index is 12.3. The summed E-state index contributed by atoms with van der Waals surface area (Å²) in [5, 5.41) is 11.0. The predicted octanol–water partition coefficient (Wildman–Crippen LogP) is 3.79. The summed E-state index contributed by atoms with van der Waals surface area (Å²) < 4.78 is 3.73. The van der Waals surface area contributed by atoms with E-state index >= 15 is 0 Å². The Balaban J connectivity index is 1.37. The van der Waals surface area contributed by atoms with Crippen LogP contribution < -0.4 is 10.6 Å². The Bertz CT molecular complexity index is 1160. The second-order valence-electron chi connectivity index (χ2n) is 6.78. The molecule has 0 fully saturated rings. The third-order valence-corrected chi connectivity index (χ3v) is 4.99. The lowest BCUT2D eigenvalue weighted by molar-refractivity contribution is 0.240. The number of imidazole rings is 1. The number of pyridine rings is 1. The first-order chi connectivity index (χ1) is 14.0. The normalized spacial score (nSPS) is 11.0. The number of urea groups is 1. The second-order valence-corrected chi connectivity index (χ2v) is 7.21. The molecular weight excluding hydrogens is 388 g/mol. The zero-order valence-corrected chi connectivity index (χ0v) is 16.9. The number of para-hydroxylation sites is 1. The Labute approximate surface area is 173 Å². The summed E-state index contributed by atoms with van der Waals surface area (Å²) >= 11 is 5.99. The van der Waals surface area contributed by atoms with Gasteiger partial charge in [-0.1, -0.05) is 29.8 Å². The molecule has 0 spiro atoms. The molecule has 8 heteroatoms. The summed E-state index contributed by atoms with van der Waals surface area (Å²) in [5.41, 5.74) is 5.44. The van der Waals surface area contributed by atoms with Crippen LogP contribution in [0, 0.1) is 13.8 Å². The van der Waals surface area contributed by atoms with Gasteiger partial charge in [0, 0.05) is 30.2 Å². The topological polar surface area (TPSA) is 76.2 Å². The van der Waals surface area contributed by atoms with Crippen molar-refractivity contribution in [3.8, 4) is 5.69 Å². The minimum Gasteiger partial charge on any atom is -0.334 e. The van der Waals surface area contributed by atoms with Gasteiger partial charge in [0.25, 0.3) is 0 Å². The molecule has 3 aromatic heterocycles. The second kappa shape index (κ2) is 7.97. The molecule has 1 aromatic carbocycles. The van der Waals surface area contributed by atoms with Crippen molar-refractivity contribution in [1.82, 2.24) is 29.8 Å². The van der Waals surface area contributed by atoms with E-state index in [9.17, 15) is 4.79 Å². The fraction of sp³-hybridized carbons (Fsp3) is 0.190. The van der Waals surface area contributed by atoms with Gasteiger partial charge in [-0.3, -0.25) is 0 Å². The van der Waals surface area contributed by atoms with Crippen LogP contribution in [0.2, 0.25) is 5.02 Å². The van der Waals surface area contributed by atoms with E-state index in [1.54, 1.807) is 12.3 Å². The molecule has 4 rings (SSSR count). The summed E-state index contributed by atoms with van der Waals surface area (Å²) in [5.74, 6) is 0. The van der Waals surface area contributed by atoms with E-state index in [4.69, 9.17) is 11.6 Å². The molecule has 0 saturated heterocycles. The number of halogens is 1. The van der Waals surface area contributed by atoms with Crippen molar-refractivity contribution in [2.75, 3.05) is 0 Å². The van der Waals surface area contributed by atoms with Crippen molar-refractivity contribution in [2.45, 2.75) is 26.9 Å². The zero-order chi connectivity index (χ0) is 20.4. The van der Waals surface area contributed by atoms with Crippen LogP contribution in [-0.4, -0.2) is 25.2 Å². The molecule has 0 atom stereocenters. The number of aromatic nitrogens is 4. The monoisotopic (exact) mass is 408 g/mol. The number of amides is 2. The summed E-state index contributed by atoms with van der Waals surface area (Å²) in [4.78, 5) is 16.7. The summed E-state index contributed by atoms with van der Waals surface area (Å²) in [7, 11) is 0. The van der Waals surface area contributed by atoms with Gasteiger partial charge in [-0.25, -0.2) is 14.5 Å². The van der Waals surface area contributed by atoms with Crippen LogP contribution in [0.1, 0.15) is 22.6 Å². The fourth-order valence-corrected chi connectivity index (χ4v) is 3.42. The van der Waals surface area contributed by atoms with Crippen LogP contribution in [0.25, 0.3) is 11.3 Å². The van der Waals surface area contributed by atoms with E-state index in [0.717, 1.165) is 34.0 Å². The number of rotatable bonds is 5. The van der Waals surface area contributed by atoms with Crippen molar-refractivity contribution in [3.05, 3.63) is 82.5 Å². The van der Waals surface area contributed by atoms with E-state index in [2.05, 4.69) is 20.7 Å². The number of fused-ring (bicyclic) bond motifs is 1. The van der Waals surface area contributed by atoms with Crippen LogP contribution in [0.15, 0.2) is 54.9 Å². The van der Waals surface area contributed by atoms with Gasteiger partial charge in [0.05, 0.1) is 28.6 Å². The Hall–Kier alpha value is -3.32. The van der Waals surface area contributed by atoms with Crippen molar-refractivity contribution in [1.29, 1.82) is 0 Å². The molecule has 2 amide bonds. The van der Waals surface area contributed by atoms with Gasteiger partial charge in [0.15, 0.2) is 0 Å². The maximum Gasteiger partial charge on any atom is 0.315 e. The number of hydrogen-bond donors (Lipinski definition) is 2. The van der Waals surface area contributed by atoms with Crippen molar-refractivity contribution in [3.63, 3.8) is 0 Å². The van der Waals surface area contributed by atoms with Gasteiger partial charge in [-0.15, -0.1) is 0 Å². The van der Waals surface area contributed by atoms with E-state index in [1.165, 1.54) is 0 Å². The third kappa shape index (κ3) is 4.09. The first-order valence-corrected chi connectivity index (χ1v) is 9.64. The minimum absolute atomic E-state index is 0.258. The van der Waals surface area contributed by atoms with E-state index < -0.39 is 0 Å². The average molecular weight is 409 g/mol. The Morgan fingerprint density at radius 3 is 2.59 bits per heavy atom. The van der Waals surface area contributed by atoms with Crippen LogP contribution in [0.3, 0.4) is 0 Å². The minimum atomic E-state index is -0.258. The van der Waals surface area contributed by atoms with Crippen molar-refractivity contribution < 1.29 is 4.79 Å². The molecule has 3 heterocycles. The largest absolute Gasteiger partial charge is 0.334 e. The van der Waals surface area contributed by atoms with Gasteiger partial charge in [-0.2, -0.15) is 5.10 Å². The van der Waals surface area contributed by atoms with Gasteiger partial charge >= 0.3 is 6.03 Å². The quantitative estimate of drug-likeness (QED) is 0.527. The molecular formula is C21H21ClN6O. The number of benzene rings is 1. The van der Waals surface area contributed by atoms with E-state index in [1.807, 2.05) is 65.5 Å². The maximum absolute atomic E-state index is 12.3. The molecule has 0 bridgehead atoms. The first kappa shape index (κ1) is 19.0. The molecule has 0 unspecified atom stereocenters. The molecule has 148 valence electrons. The Morgan fingerprint density at radius 1 is 1.03 bits per heavy atom. The highest BCUT2D eigenvalue weighted by Crippen LogP contribution is 2.17. The molecule has 0 aliphatic rings. The van der Waals surface area contributed by atoms with Gasteiger partial charge in [0.2, 0.25) is 0 Å². The Morgan fingerprint density at radius 2 is 1.79 bits per heavy atom. The number of nitrogens with zero attached hydrogens (tertiary/aromatic N) is 4.